The van der Waals surface area contributed by atoms with Crippen LogP contribution in [0.5, 0.6) is 0 Å². The van der Waals surface area contributed by atoms with E-state index in [2.05, 4.69) is 9.97 Å². The van der Waals surface area contributed by atoms with Crippen molar-refractivity contribution >= 4 is 45.2 Å². The topological polar surface area (TPSA) is 144 Å². The minimum atomic E-state index is -1.45. The van der Waals surface area contributed by atoms with Gasteiger partial charge in [-0.05, 0) is 57.9 Å². The number of nitrogens with two attached hydrogens (primary N) is 1. The molecule has 0 spiro atoms. The first-order valence-electron chi connectivity index (χ1n) is 15.0. The molecule has 1 aromatic carbocycles. The average molecular weight is 642 g/mol. The number of hydrogen-bond acceptors (Lipinski definition) is 9. The van der Waals surface area contributed by atoms with Crippen LogP contribution in [-0.2, 0) is 15.5 Å². The highest BCUT2D eigenvalue weighted by molar-refractivity contribution is 7.84. The summed E-state index contributed by atoms with van der Waals surface area (Å²) in [5.74, 6) is -1.01. The van der Waals surface area contributed by atoms with Crippen molar-refractivity contribution < 1.29 is 22.9 Å². The summed E-state index contributed by atoms with van der Waals surface area (Å²) in [6, 6.07) is 5.22. The first kappa shape index (κ1) is 32.3. The molecule has 3 aromatic rings. The predicted molar refractivity (Wildman–Crippen MR) is 170 cm³/mol. The van der Waals surface area contributed by atoms with Crippen molar-refractivity contribution in [2.45, 2.75) is 69.3 Å². The van der Waals surface area contributed by atoms with Gasteiger partial charge in [0.1, 0.15) is 22.6 Å². The van der Waals surface area contributed by atoms with Gasteiger partial charge in [0.15, 0.2) is 0 Å². The van der Waals surface area contributed by atoms with Crippen LogP contribution in [0.25, 0.3) is 11.0 Å². The zero-order valence-corrected chi connectivity index (χ0v) is 27.1. The molecule has 2 amide bonds. The molecule has 2 N–H and O–H groups in total. The number of amides is 2. The Labute approximate surface area is 263 Å². The maximum Gasteiger partial charge on any atom is 0.410 e. The smallest absolute Gasteiger partial charge is 0.410 e. The number of carbonyl (C=O) groups excluding carboxylic acids is 2. The number of piperazine rings is 1. The van der Waals surface area contributed by atoms with Gasteiger partial charge in [0.05, 0.1) is 22.5 Å². The van der Waals surface area contributed by atoms with Crippen LogP contribution in [0.2, 0.25) is 0 Å². The molecule has 2 fully saturated rings. The molecule has 12 nitrogen and oxygen atoms in total. The molecule has 1 aliphatic carbocycles. The second kappa shape index (κ2) is 12.7. The Morgan fingerprint density at radius 2 is 1.89 bits per heavy atom. The summed E-state index contributed by atoms with van der Waals surface area (Å²) in [5, 5.41) is 0.608. The van der Waals surface area contributed by atoms with Crippen LogP contribution in [0.15, 0.2) is 40.4 Å². The van der Waals surface area contributed by atoms with E-state index in [4.69, 9.17) is 10.5 Å². The Morgan fingerprint density at radius 1 is 1.18 bits per heavy atom. The molecule has 2 aromatic heterocycles. The Kier molecular flexibility index (Phi) is 9.15. The van der Waals surface area contributed by atoms with Crippen LogP contribution < -0.4 is 16.2 Å². The molecule has 2 aliphatic rings. The molecular weight excluding hydrogens is 601 g/mol. The molecule has 1 aliphatic heterocycles. The number of hydrogen-bond donors (Lipinski definition) is 1. The van der Waals surface area contributed by atoms with Crippen LogP contribution in [0.4, 0.5) is 20.6 Å². The van der Waals surface area contributed by atoms with Gasteiger partial charge < -0.3 is 20.3 Å². The van der Waals surface area contributed by atoms with Gasteiger partial charge in [0, 0.05) is 62.8 Å². The van der Waals surface area contributed by atoms with E-state index in [1.807, 2.05) is 4.90 Å². The van der Waals surface area contributed by atoms with Gasteiger partial charge in [-0.2, -0.15) is 0 Å². The number of ether oxygens (including phenoxy) is 1. The summed E-state index contributed by atoms with van der Waals surface area (Å²) in [6.07, 6.45) is 5.85. The van der Waals surface area contributed by atoms with Crippen molar-refractivity contribution in [2.75, 3.05) is 50.1 Å². The van der Waals surface area contributed by atoms with E-state index in [1.54, 1.807) is 49.4 Å². The lowest BCUT2D eigenvalue weighted by Gasteiger charge is -2.43. The highest BCUT2D eigenvalue weighted by Gasteiger charge is 2.36. The summed E-state index contributed by atoms with van der Waals surface area (Å²) < 4.78 is 34.3. The SMILES string of the molecule is CN(CC1CN(c2ccc(N)cc2F)CCN1C(=O)OC(C)(C)C)C(=O)c1cc2cnc(S(C)=O)nc2n(C2CCCC2)c1=O. The fourth-order valence-corrected chi connectivity index (χ4v) is 6.49. The third-order valence-corrected chi connectivity index (χ3v) is 8.89. The van der Waals surface area contributed by atoms with Gasteiger partial charge in [0.25, 0.3) is 11.5 Å². The normalized spacial score (nSPS) is 18.3. The van der Waals surface area contributed by atoms with Crippen molar-refractivity contribution in [3.05, 3.63) is 52.2 Å². The Bertz CT molecular complexity index is 1700. The third kappa shape index (κ3) is 6.95. The quantitative estimate of drug-likeness (QED) is 0.316. The van der Waals surface area contributed by atoms with Crippen LogP contribution in [0.3, 0.4) is 0 Å². The van der Waals surface area contributed by atoms with Crippen molar-refractivity contribution in [1.29, 1.82) is 0 Å². The lowest BCUT2D eigenvalue weighted by molar-refractivity contribution is 0.0105. The minimum absolute atomic E-state index is 0.0491. The maximum atomic E-state index is 14.9. The van der Waals surface area contributed by atoms with Crippen LogP contribution in [0.1, 0.15) is 62.9 Å². The molecule has 3 heterocycles. The van der Waals surface area contributed by atoms with Gasteiger partial charge in [-0.1, -0.05) is 12.8 Å². The van der Waals surface area contributed by atoms with Crippen LogP contribution in [-0.4, -0.2) is 91.7 Å². The number of benzene rings is 1. The van der Waals surface area contributed by atoms with Gasteiger partial charge in [-0.25, -0.2) is 19.2 Å². The maximum absolute atomic E-state index is 14.9. The number of aromatic nitrogens is 3. The van der Waals surface area contributed by atoms with Crippen molar-refractivity contribution in [1.82, 2.24) is 24.3 Å². The summed E-state index contributed by atoms with van der Waals surface area (Å²) in [7, 11) is 0.121. The molecule has 2 unspecified atom stereocenters. The van der Waals surface area contributed by atoms with E-state index < -0.39 is 45.8 Å². The standard InChI is InChI=1S/C31H40FN7O5S/c1-31(2,3)44-30(42)38-13-12-37(25-11-10-20(33)15-24(25)32)18-22(38)17-36(4)27(40)23-14-19-16-34-29(45(5)43)35-26(19)39(28(23)41)21-8-6-7-9-21/h10-11,14-16,21-22H,6-9,12-13,17-18,33H2,1-5H3. The first-order valence-corrected chi connectivity index (χ1v) is 16.6. The summed E-state index contributed by atoms with van der Waals surface area (Å²) in [4.78, 5) is 54.6. The molecule has 0 radical (unpaired) electrons. The molecule has 14 heteroatoms. The van der Waals surface area contributed by atoms with Crippen molar-refractivity contribution in [3.63, 3.8) is 0 Å². The molecule has 5 rings (SSSR count). The van der Waals surface area contributed by atoms with Gasteiger partial charge >= 0.3 is 6.09 Å². The van der Waals surface area contributed by atoms with Gasteiger partial charge in [-0.3, -0.25) is 23.3 Å². The lowest BCUT2D eigenvalue weighted by Crippen LogP contribution is -2.60. The highest BCUT2D eigenvalue weighted by Crippen LogP contribution is 2.31. The monoisotopic (exact) mass is 641 g/mol. The summed E-state index contributed by atoms with van der Waals surface area (Å²) >= 11 is 0. The minimum Gasteiger partial charge on any atom is -0.444 e. The second-order valence-electron chi connectivity index (χ2n) is 12.7. The zero-order chi connectivity index (χ0) is 32.6. The molecule has 2 atom stereocenters. The number of nitrogens with zero attached hydrogens (tertiary/aromatic N) is 6. The summed E-state index contributed by atoms with van der Waals surface area (Å²) in [6.45, 7) is 6.16. The van der Waals surface area contributed by atoms with E-state index in [0.29, 0.717) is 29.0 Å². The van der Waals surface area contributed by atoms with Gasteiger partial charge in [0.2, 0.25) is 5.16 Å². The number of nitrogen functional groups attached to an aromatic ring is 1. The van der Waals surface area contributed by atoms with Gasteiger partial charge in [-0.15, -0.1) is 0 Å². The van der Waals surface area contributed by atoms with Crippen LogP contribution >= 0.6 is 0 Å². The average Bonchev–Trinajstić information content (AvgIpc) is 3.49. The third-order valence-electron chi connectivity index (χ3n) is 8.18. The molecule has 1 saturated heterocycles. The lowest BCUT2D eigenvalue weighted by atomic mass is 10.1. The molecule has 1 saturated carbocycles. The number of anilines is 2. The largest absolute Gasteiger partial charge is 0.444 e. The number of pyridine rings is 1. The molecule has 0 bridgehead atoms. The zero-order valence-electron chi connectivity index (χ0n) is 26.3. The number of likely N-dealkylation sites (N-methyl/N-ethyl adjacent to an activating group) is 1. The Morgan fingerprint density at radius 3 is 2.53 bits per heavy atom. The predicted octanol–water partition coefficient (Wildman–Crippen LogP) is 3.56. The Balaban J connectivity index is 1.48. The molecule has 45 heavy (non-hydrogen) atoms. The summed E-state index contributed by atoms with van der Waals surface area (Å²) in [5.41, 5.74) is 5.49. The number of rotatable bonds is 6. The van der Waals surface area contributed by atoms with E-state index in [0.717, 1.165) is 25.7 Å². The van der Waals surface area contributed by atoms with Crippen molar-refractivity contribution in [3.8, 4) is 0 Å². The number of halogens is 1. The fourth-order valence-electron chi connectivity index (χ4n) is 6.07. The fraction of sp³-hybridized carbons (Fsp3) is 0.516. The second-order valence-corrected chi connectivity index (χ2v) is 14.0. The van der Waals surface area contributed by atoms with Crippen LogP contribution in [0, 0.1) is 5.82 Å². The van der Waals surface area contributed by atoms with Crippen molar-refractivity contribution in [2.24, 2.45) is 0 Å². The van der Waals surface area contributed by atoms with E-state index in [-0.39, 0.29) is 36.4 Å². The molecule has 242 valence electrons. The van der Waals surface area contributed by atoms with E-state index in [1.165, 1.54) is 29.5 Å². The Hall–Kier alpha value is -4.07. The number of carbonyl (C=O) groups is 2. The van der Waals surface area contributed by atoms with E-state index in [9.17, 15) is 23.0 Å². The van der Waals surface area contributed by atoms with E-state index >= 15 is 0 Å². The molecular formula is C31H40FN7O5S. The highest BCUT2D eigenvalue weighted by atomic mass is 32.2. The number of fused-ring (bicyclic) bond motifs is 1. The first-order chi connectivity index (χ1) is 21.2.